The summed E-state index contributed by atoms with van der Waals surface area (Å²) in [5, 5.41) is 3.93. The maximum Gasteiger partial charge on any atom is 0.269 e. The molecule has 1 N–H and O–H groups in total. The summed E-state index contributed by atoms with van der Waals surface area (Å²) < 4.78 is 5.63. The third-order valence-corrected chi connectivity index (χ3v) is 6.43. The van der Waals surface area contributed by atoms with Gasteiger partial charge in [0, 0.05) is 18.4 Å². The zero-order valence-electron chi connectivity index (χ0n) is 15.3. The summed E-state index contributed by atoms with van der Waals surface area (Å²) in [6, 6.07) is 0. The quantitative estimate of drug-likeness (QED) is 0.841. The molecule has 3 rings (SSSR count). The van der Waals surface area contributed by atoms with Crippen molar-refractivity contribution >= 4 is 44.8 Å². The summed E-state index contributed by atoms with van der Waals surface area (Å²) in [4.78, 5) is 36.6. The largest absolute Gasteiger partial charge is 0.376 e. The van der Waals surface area contributed by atoms with Crippen LogP contribution in [0, 0.1) is 20.8 Å². The molecule has 0 aliphatic carbocycles. The lowest BCUT2D eigenvalue weighted by Crippen LogP contribution is -2.35. The molecule has 9 heteroatoms. The number of amides is 2. The van der Waals surface area contributed by atoms with Crippen LogP contribution in [0.1, 0.15) is 45.7 Å². The first-order valence-corrected chi connectivity index (χ1v) is 10.1. The third kappa shape index (κ3) is 4.11. The molecule has 1 saturated heterocycles. The van der Waals surface area contributed by atoms with Gasteiger partial charge in [0.25, 0.3) is 5.91 Å². The van der Waals surface area contributed by atoms with Crippen LogP contribution in [0.2, 0.25) is 0 Å². The van der Waals surface area contributed by atoms with E-state index in [1.807, 2.05) is 13.8 Å². The summed E-state index contributed by atoms with van der Waals surface area (Å²) in [5.74, 6) is -0.354. The number of hydrogen-bond acceptors (Lipinski definition) is 7. The Morgan fingerprint density at radius 2 is 2.00 bits per heavy atom. The van der Waals surface area contributed by atoms with Gasteiger partial charge in [-0.2, -0.15) is 0 Å². The van der Waals surface area contributed by atoms with Crippen LogP contribution in [-0.2, 0) is 9.53 Å². The van der Waals surface area contributed by atoms with E-state index in [-0.39, 0.29) is 17.9 Å². The fraction of sp³-hybridized carbons (Fsp3) is 0.529. The van der Waals surface area contributed by atoms with Gasteiger partial charge in [0.1, 0.15) is 4.88 Å². The first kappa shape index (κ1) is 18.9. The molecule has 0 radical (unpaired) electrons. The molecule has 7 nitrogen and oxygen atoms in total. The van der Waals surface area contributed by atoms with Gasteiger partial charge < -0.3 is 4.74 Å². The van der Waals surface area contributed by atoms with Crippen LogP contribution in [0.4, 0.5) is 10.3 Å². The van der Waals surface area contributed by atoms with Crippen molar-refractivity contribution in [3.8, 4) is 0 Å². The van der Waals surface area contributed by atoms with E-state index in [0.29, 0.717) is 27.4 Å². The average molecular weight is 395 g/mol. The molecular weight excluding hydrogens is 372 g/mol. The zero-order valence-corrected chi connectivity index (χ0v) is 16.9. The van der Waals surface area contributed by atoms with Crippen molar-refractivity contribution in [1.82, 2.24) is 9.97 Å². The van der Waals surface area contributed by atoms with Gasteiger partial charge in [-0.05, 0) is 33.6 Å². The maximum atomic E-state index is 12.6. The van der Waals surface area contributed by atoms with Crippen molar-refractivity contribution in [2.75, 3.05) is 23.4 Å². The predicted octanol–water partition coefficient (Wildman–Crippen LogP) is 3.31. The Hall–Kier alpha value is -1.84. The number of carbonyl (C=O) groups excluding carboxylic acids is 2. The van der Waals surface area contributed by atoms with Crippen LogP contribution in [0.15, 0.2) is 0 Å². The summed E-state index contributed by atoms with van der Waals surface area (Å²) in [6.45, 7) is 8.36. The van der Waals surface area contributed by atoms with E-state index in [1.165, 1.54) is 29.6 Å². The van der Waals surface area contributed by atoms with E-state index in [4.69, 9.17) is 4.74 Å². The molecule has 0 spiro atoms. The standard InChI is InChI=1S/C17H22N4O3S2/c1-9-11(3)25-16(18-9)20-15(23)14-10(2)19-17(26-14)21(12(4)22)8-13-6-5-7-24-13/h13H,5-8H2,1-4H3,(H,18,20,23)/t13-/m1/s1. The summed E-state index contributed by atoms with van der Waals surface area (Å²) in [7, 11) is 0. The van der Waals surface area contributed by atoms with Crippen molar-refractivity contribution in [3.05, 3.63) is 21.1 Å². The molecule has 2 amide bonds. The molecule has 0 unspecified atom stereocenters. The SMILES string of the molecule is CC(=O)N(C[C@H]1CCCO1)c1nc(C)c(C(=O)Nc2nc(C)c(C)s2)s1. The second-order valence-electron chi connectivity index (χ2n) is 6.29. The Labute approximate surface area is 160 Å². The summed E-state index contributed by atoms with van der Waals surface area (Å²) in [6.07, 6.45) is 1.97. The lowest BCUT2D eigenvalue weighted by atomic mass is 10.2. The number of carbonyl (C=O) groups is 2. The molecule has 1 aliphatic heterocycles. The molecule has 2 aromatic rings. The normalized spacial score (nSPS) is 16.7. The Balaban J connectivity index is 1.77. The van der Waals surface area contributed by atoms with Crippen LogP contribution in [0.5, 0.6) is 0 Å². The van der Waals surface area contributed by atoms with Gasteiger partial charge in [-0.25, -0.2) is 9.97 Å². The highest BCUT2D eigenvalue weighted by Crippen LogP contribution is 2.29. The fourth-order valence-electron chi connectivity index (χ4n) is 2.72. The highest BCUT2D eigenvalue weighted by Gasteiger charge is 2.26. The summed E-state index contributed by atoms with van der Waals surface area (Å²) in [5.41, 5.74) is 1.51. The van der Waals surface area contributed by atoms with Gasteiger partial charge in [0.15, 0.2) is 10.3 Å². The third-order valence-electron chi connectivity index (χ3n) is 4.26. The van der Waals surface area contributed by atoms with Crippen LogP contribution in [0.3, 0.4) is 0 Å². The second kappa shape index (κ2) is 7.81. The Bertz CT molecular complexity index is 805. The number of nitrogens with zero attached hydrogens (tertiary/aromatic N) is 3. The minimum atomic E-state index is -0.249. The molecule has 26 heavy (non-hydrogen) atoms. The number of aromatic nitrogens is 2. The fourth-order valence-corrected chi connectivity index (χ4v) is 4.55. The number of ether oxygens (including phenoxy) is 1. The van der Waals surface area contributed by atoms with Gasteiger partial charge in [0.2, 0.25) is 5.91 Å². The van der Waals surface area contributed by atoms with Crippen molar-refractivity contribution in [3.63, 3.8) is 0 Å². The van der Waals surface area contributed by atoms with E-state index in [0.717, 1.165) is 30.0 Å². The van der Waals surface area contributed by atoms with Gasteiger partial charge in [-0.15, -0.1) is 11.3 Å². The van der Waals surface area contributed by atoms with Crippen molar-refractivity contribution in [1.29, 1.82) is 0 Å². The van der Waals surface area contributed by atoms with Gasteiger partial charge in [0.05, 0.1) is 24.0 Å². The average Bonchev–Trinajstić information content (AvgIpc) is 3.27. The summed E-state index contributed by atoms with van der Waals surface area (Å²) >= 11 is 2.66. The number of aryl methyl sites for hydroxylation is 3. The number of rotatable bonds is 5. The number of hydrogen-bond donors (Lipinski definition) is 1. The first-order chi connectivity index (χ1) is 12.3. The second-order valence-corrected chi connectivity index (χ2v) is 8.47. The number of anilines is 2. The molecule has 140 valence electrons. The predicted molar refractivity (Wildman–Crippen MR) is 103 cm³/mol. The first-order valence-electron chi connectivity index (χ1n) is 8.47. The topological polar surface area (TPSA) is 84.4 Å². The van der Waals surface area contributed by atoms with Crippen LogP contribution in [-0.4, -0.2) is 41.0 Å². The van der Waals surface area contributed by atoms with E-state index in [9.17, 15) is 9.59 Å². The highest BCUT2D eigenvalue weighted by atomic mass is 32.1. The smallest absolute Gasteiger partial charge is 0.269 e. The number of nitrogens with one attached hydrogen (secondary N) is 1. The van der Waals surface area contributed by atoms with Gasteiger partial charge >= 0.3 is 0 Å². The van der Waals surface area contributed by atoms with Crippen LogP contribution < -0.4 is 10.2 Å². The number of thiazole rings is 2. The molecule has 0 saturated carbocycles. The zero-order chi connectivity index (χ0) is 18.8. The molecule has 0 bridgehead atoms. The van der Waals surface area contributed by atoms with Crippen molar-refractivity contribution in [2.45, 2.75) is 46.6 Å². The van der Waals surface area contributed by atoms with Crippen LogP contribution in [0.25, 0.3) is 0 Å². The Morgan fingerprint density at radius 3 is 2.58 bits per heavy atom. The van der Waals surface area contributed by atoms with E-state index >= 15 is 0 Å². The van der Waals surface area contributed by atoms with Crippen LogP contribution >= 0.6 is 22.7 Å². The van der Waals surface area contributed by atoms with Gasteiger partial charge in [-0.3, -0.25) is 19.8 Å². The molecular formula is C17H22N4O3S2. The van der Waals surface area contributed by atoms with E-state index < -0.39 is 0 Å². The van der Waals surface area contributed by atoms with E-state index in [1.54, 1.807) is 11.8 Å². The molecule has 1 aliphatic rings. The van der Waals surface area contributed by atoms with E-state index in [2.05, 4.69) is 15.3 Å². The Morgan fingerprint density at radius 1 is 1.23 bits per heavy atom. The van der Waals surface area contributed by atoms with Crippen molar-refractivity contribution < 1.29 is 14.3 Å². The molecule has 1 fully saturated rings. The molecule has 0 aromatic carbocycles. The lowest BCUT2D eigenvalue weighted by molar-refractivity contribution is -0.116. The maximum absolute atomic E-state index is 12.6. The molecule has 1 atom stereocenters. The monoisotopic (exact) mass is 394 g/mol. The molecule has 2 aromatic heterocycles. The minimum absolute atomic E-state index is 0.0293. The van der Waals surface area contributed by atoms with Crippen molar-refractivity contribution in [2.24, 2.45) is 0 Å². The molecule has 3 heterocycles. The highest BCUT2D eigenvalue weighted by molar-refractivity contribution is 7.18. The minimum Gasteiger partial charge on any atom is -0.376 e. The van der Waals surface area contributed by atoms with Gasteiger partial charge in [-0.1, -0.05) is 11.3 Å². The Kier molecular flexibility index (Phi) is 5.69. The lowest BCUT2D eigenvalue weighted by Gasteiger charge is -2.21.